The Morgan fingerprint density at radius 1 is 1.38 bits per heavy atom. The van der Waals surface area contributed by atoms with E-state index < -0.39 is 0 Å². The van der Waals surface area contributed by atoms with E-state index in [4.69, 9.17) is 17.3 Å². The van der Waals surface area contributed by atoms with Crippen LogP contribution in [-0.4, -0.2) is 6.54 Å². The van der Waals surface area contributed by atoms with E-state index in [9.17, 15) is 0 Å². The second kappa shape index (κ2) is 5.85. The van der Waals surface area contributed by atoms with Gasteiger partial charge in [-0.15, -0.1) is 11.3 Å². The molecule has 1 saturated carbocycles. The van der Waals surface area contributed by atoms with Crippen LogP contribution in [0.25, 0.3) is 6.08 Å². The standard InChI is InChI=1S/C13H18ClNS/c14-13-7-6-12(16-13)8-11(9-15)10-4-2-1-3-5-10/h6-8,10H,1-5,9,15H2. The number of thiophene rings is 1. The lowest BCUT2D eigenvalue weighted by atomic mass is 9.83. The van der Waals surface area contributed by atoms with E-state index in [2.05, 4.69) is 12.1 Å². The SMILES string of the molecule is NCC(=Cc1ccc(Cl)s1)C1CCCCC1. The average molecular weight is 256 g/mol. The van der Waals surface area contributed by atoms with Crippen molar-refractivity contribution in [3.63, 3.8) is 0 Å². The maximum atomic E-state index is 5.93. The summed E-state index contributed by atoms with van der Waals surface area (Å²) in [7, 11) is 0. The first-order chi connectivity index (χ1) is 7.79. The normalized spacial score (nSPS) is 19.0. The summed E-state index contributed by atoms with van der Waals surface area (Å²) in [6.45, 7) is 0.681. The molecular formula is C13H18ClNS. The molecule has 0 amide bonds. The molecule has 1 aromatic heterocycles. The Hall–Kier alpha value is -0.310. The van der Waals surface area contributed by atoms with Crippen LogP contribution in [0.3, 0.4) is 0 Å². The van der Waals surface area contributed by atoms with Gasteiger partial charge in [0.25, 0.3) is 0 Å². The molecule has 16 heavy (non-hydrogen) atoms. The third-order valence-corrected chi connectivity index (χ3v) is 4.47. The van der Waals surface area contributed by atoms with Crippen molar-refractivity contribution in [2.45, 2.75) is 32.1 Å². The Bertz CT molecular complexity index is 364. The van der Waals surface area contributed by atoms with Crippen molar-refractivity contribution in [1.82, 2.24) is 0 Å². The van der Waals surface area contributed by atoms with Gasteiger partial charge in [0, 0.05) is 11.4 Å². The predicted octanol–water partition coefficient (Wildman–Crippen LogP) is 4.32. The van der Waals surface area contributed by atoms with Gasteiger partial charge >= 0.3 is 0 Å². The predicted molar refractivity (Wildman–Crippen MR) is 72.9 cm³/mol. The molecule has 0 spiro atoms. The first-order valence-corrected chi connectivity index (χ1v) is 7.15. The van der Waals surface area contributed by atoms with E-state index in [0.717, 1.165) is 4.34 Å². The van der Waals surface area contributed by atoms with Crippen molar-refractivity contribution in [2.24, 2.45) is 11.7 Å². The summed E-state index contributed by atoms with van der Waals surface area (Å²) < 4.78 is 0.853. The van der Waals surface area contributed by atoms with E-state index in [0.29, 0.717) is 12.5 Å². The Labute approximate surface area is 106 Å². The molecule has 1 fully saturated rings. The highest BCUT2D eigenvalue weighted by molar-refractivity contribution is 7.17. The molecule has 1 aliphatic carbocycles. The van der Waals surface area contributed by atoms with Crippen LogP contribution < -0.4 is 5.73 Å². The highest BCUT2D eigenvalue weighted by Gasteiger charge is 2.16. The Morgan fingerprint density at radius 3 is 2.69 bits per heavy atom. The first-order valence-electron chi connectivity index (χ1n) is 5.95. The van der Waals surface area contributed by atoms with Crippen LogP contribution in [0.1, 0.15) is 37.0 Å². The topological polar surface area (TPSA) is 26.0 Å². The molecule has 0 atom stereocenters. The lowest BCUT2D eigenvalue weighted by Crippen LogP contribution is -2.15. The molecule has 88 valence electrons. The Kier molecular flexibility index (Phi) is 4.45. The van der Waals surface area contributed by atoms with E-state index in [1.807, 2.05) is 6.07 Å². The van der Waals surface area contributed by atoms with Gasteiger partial charge in [0.1, 0.15) is 0 Å². The maximum absolute atomic E-state index is 5.93. The number of hydrogen-bond donors (Lipinski definition) is 1. The first kappa shape index (κ1) is 12.2. The second-order valence-corrected chi connectivity index (χ2v) is 6.15. The molecule has 0 saturated heterocycles. The molecule has 3 heteroatoms. The van der Waals surface area contributed by atoms with Gasteiger partial charge in [-0.1, -0.05) is 36.4 Å². The lowest BCUT2D eigenvalue weighted by Gasteiger charge is -2.23. The summed E-state index contributed by atoms with van der Waals surface area (Å²) >= 11 is 7.56. The minimum atomic E-state index is 0.681. The minimum Gasteiger partial charge on any atom is -0.327 e. The van der Waals surface area contributed by atoms with Gasteiger partial charge < -0.3 is 5.73 Å². The molecular weight excluding hydrogens is 238 g/mol. The second-order valence-electron chi connectivity index (χ2n) is 4.40. The third kappa shape index (κ3) is 3.09. The van der Waals surface area contributed by atoms with E-state index >= 15 is 0 Å². The van der Waals surface area contributed by atoms with Crippen LogP contribution in [0.2, 0.25) is 4.34 Å². The zero-order valence-corrected chi connectivity index (χ0v) is 11.0. The highest BCUT2D eigenvalue weighted by atomic mass is 35.5. The molecule has 0 aliphatic heterocycles. The van der Waals surface area contributed by atoms with E-state index in [-0.39, 0.29) is 0 Å². The van der Waals surface area contributed by atoms with Gasteiger partial charge in [0.2, 0.25) is 0 Å². The lowest BCUT2D eigenvalue weighted by molar-refractivity contribution is 0.401. The van der Waals surface area contributed by atoms with Crippen LogP contribution in [0.15, 0.2) is 17.7 Å². The fourth-order valence-electron chi connectivity index (χ4n) is 2.41. The molecule has 2 rings (SSSR count). The van der Waals surface area contributed by atoms with Crippen molar-refractivity contribution in [2.75, 3.05) is 6.54 Å². The summed E-state index contributed by atoms with van der Waals surface area (Å²) in [4.78, 5) is 1.23. The van der Waals surface area contributed by atoms with E-state index in [1.165, 1.54) is 42.6 Å². The van der Waals surface area contributed by atoms with Crippen LogP contribution >= 0.6 is 22.9 Å². The third-order valence-electron chi connectivity index (χ3n) is 3.29. The molecule has 0 bridgehead atoms. The van der Waals surface area contributed by atoms with Crippen LogP contribution in [0.4, 0.5) is 0 Å². The van der Waals surface area contributed by atoms with Crippen molar-refractivity contribution in [1.29, 1.82) is 0 Å². The average Bonchev–Trinajstić information content (AvgIpc) is 2.73. The van der Waals surface area contributed by atoms with Crippen LogP contribution in [0.5, 0.6) is 0 Å². The number of nitrogens with two attached hydrogens (primary N) is 1. The van der Waals surface area contributed by atoms with Crippen LogP contribution in [-0.2, 0) is 0 Å². The molecule has 2 N–H and O–H groups in total. The largest absolute Gasteiger partial charge is 0.327 e. The molecule has 0 unspecified atom stereocenters. The molecule has 0 aromatic carbocycles. The van der Waals surface area contributed by atoms with Gasteiger partial charge in [-0.3, -0.25) is 0 Å². The van der Waals surface area contributed by atoms with Gasteiger partial charge in [-0.05, 0) is 37.0 Å². The summed E-state index contributed by atoms with van der Waals surface area (Å²) in [5.41, 5.74) is 7.26. The summed E-state index contributed by atoms with van der Waals surface area (Å²) in [5.74, 6) is 0.708. The quantitative estimate of drug-likeness (QED) is 0.855. The van der Waals surface area contributed by atoms with Crippen LogP contribution in [0, 0.1) is 5.92 Å². The van der Waals surface area contributed by atoms with Gasteiger partial charge in [-0.25, -0.2) is 0 Å². The summed E-state index contributed by atoms with van der Waals surface area (Å²) in [5, 5.41) is 0. The number of hydrogen-bond acceptors (Lipinski definition) is 2. The van der Waals surface area contributed by atoms with Gasteiger partial charge in [0.05, 0.1) is 4.34 Å². The smallest absolute Gasteiger partial charge is 0.0934 e. The Balaban J connectivity index is 2.11. The maximum Gasteiger partial charge on any atom is 0.0934 e. The van der Waals surface area contributed by atoms with Crippen molar-refractivity contribution >= 4 is 29.0 Å². The molecule has 1 aromatic rings. The van der Waals surface area contributed by atoms with Crippen molar-refractivity contribution in [3.05, 3.63) is 26.9 Å². The number of rotatable bonds is 3. The zero-order valence-electron chi connectivity index (χ0n) is 9.42. The monoisotopic (exact) mass is 255 g/mol. The molecule has 0 radical (unpaired) electrons. The fraction of sp³-hybridized carbons (Fsp3) is 0.538. The molecule has 1 nitrogen and oxygen atoms in total. The fourth-order valence-corrected chi connectivity index (χ4v) is 3.44. The van der Waals surface area contributed by atoms with Crippen molar-refractivity contribution in [3.8, 4) is 0 Å². The van der Waals surface area contributed by atoms with Gasteiger partial charge in [0.15, 0.2) is 0 Å². The van der Waals surface area contributed by atoms with Crippen molar-refractivity contribution < 1.29 is 0 Å². The molecule has 1 heterocycles. The summed E-state index contributed by atoms with van der Waals surface area (Å²) in [6.07, 6.45) is 8.95. The minimum absolute atomic E-state index is 0.681. The number of halogens is 1. The molecule has 1 aliphatic rings. The van der Waals surface area contributed by atoms with Gasteiger partial charge in [-0.2, -0.15) is 0 Å². The zero-order chi connectivity index (χ0) is 11.4. The summed E-state index contributed by atoms with van der Waals surface area (Å²) in [6, 6.07) is 4.03. The highest BCUT2D eigenvalue weighted by Crippen LogP contribution is 2.32. The Morgan fingerprint density at radius 2 is 2.12 bits per heavy atom. The van der Waals surface area contributed by atoms with E-state index in [1.54, 1.807) is 11.3 Å².